The Labute approximate surface area is 133 Å². The van der Waals surface area contributed by atoms with Crippen LogP contribution in [0.25, 0.3) is 0 Å². The van der Waals surface area contributed by atoms with E-state index in [4.69, 9.17) is 15.0 Å². The summed E-state index contributed by atoms with van der Waals surface area (Å²) in [5.74, 6) is 0. The highest BCUT2D eigenvalue weighted by molar-refractivity contribution is 6.60. The Bertz CT molecular complexity index is 560. The van der Waals surface area contributed by atoms with Gasteiger partial charge in [-0.2, -0.15) is 0 Å². The number of benzene rings is 1. The first kappa shape index (κ1) is 16.8. The second-order valence-electron chi connectivity index (χ2n) is 6.68. The molecule has 0 spiro atoms. The second-order valence-corrected chi connectivity index (χ2v) is 6.68. The van der Waals surface area contributed by atoms with Gasteiger partial charge in [0.1, 0.15) is 0 Å². The molecule has 0 aliphatic carbocycles. The van der Waals surface area contributed by atoms with Crippen molar-refractivity contribution in [3.8, 4) is 0 Å². The highest BCUT2D eigenvalue weighted by Gasteiger charge is 2.52. The molecule has 1 aliphatic heterocycles. The monoisotopic (exact) mass is 300 g/mol. The summed E-state index contributed by atoms with van der Waals surface area (Å²) in [5.41, 5.74) is 7.84. The van der Waals surface area contributed by atoms with Gasteiger partial charge in [0.05, 0.1) is 17.7 Å². The third-order valence-corrected chi connectivity index (χ3v) is 4.31. The molecule has 1 aromatic rings. The van der Waals surface area contributed by atoms with Crippen molar-refractivity contribution in [2.24, 2.45) is 10.7 Å². The Morgan fingerprint density at radius 2 is 1.68 bits per heavy atom. The molecule has 2 N–H and O–H groups in total. The largest absolute Gasteiger partial charge is 0.498 e. The zero-order chi connectivity index (χ0) is 16.4. The molecule has 0 saturated carbocycles. The standard InChI is InChI=1S/C17H25BN2O2/c1-13(19)15(12-20-11-14-9-7-6-8-10-14)18-21-16(2,3)17(4,5)22-18/h6-10,12H,11,19H2,1-5H3/b15-13+,20-12?. The fraction of sp³-hybridized carbons (Fsp3) is 0.471. The summed E-state index contributed by atoms with van der Waals surface area (Å²) in [6.07, 6.45) is 1.77. The molecule has 5 heteroatoms. The van der Waals surface area contributed by atoms with E-state index in [-0.39, 0.29) is 11.2 Å². The van der Waals surface area contributed by atoms with Crippen molar-refractivity contribution in [1.82, 2.24) is 0 Å². The Morgan fingerprint density at radius 3 is 2.18 bits per heavy atom. The van der Waals surface area contributed by atoms with Gasteiger partial charge >= 0.3 is 7.12 Å². The summed E-state index contributed by atoms with van der Waals surface area (Å²) in [4.78, 5) is 4.48. The zero-order valence-corrected chi connectivity index (χ0v) is 14.1. The first-order valence-electron chi connectivity index (χ1n) is 7.58. The summed E-state index contributed by atoms with van der Waals surface area (Å²) in [5, 5.41) is 0. The van der Waals surface area contributed by atoms with Gasteiger partial charge in [-0.1, -0.05) is 30.3 Å². The first-order valence-corrected chi connectivity index (χ1v) is 7.58. The molecule has 0 unspecified atom stereocenters. The van der Waals surface area contributed by atoms with Gasteiger partial charge in [0.25, 0.3) is 0 Å². The molecule has 22 heavy (non-hydrogen) atoms. The lowest BCUT2D eigenvalue weighted by Crippen LogP contribution is -2.41. The van der Waals surface area contributed by atoms with E-state index >= 15 is 0 Å². The van der Waals surface area contributed by atoms with E-state index in [0.717, 1.165) is 11.0 Å². The van der Waals surface area contributed by atoms with Crippen molar-refractivity contribution in [3.05, 3.63) is 47.1 Å². The third kappa shape index (κ3) is 3.59. The molecular weight excluding hydrogens is 275 g/mol. The fourth-order valence-corrected chi connectivity index (χ4v) is 2.15. The molecule has 0 bridgehead atoms. The summed E-state index contributed by atoms with van der Waals surface area (Å²) >= 11 is 0. The lowest BCUT2D eigenvalue weighted by molar-refractivity contribution is 0.00578. The van der Waals surface area contributed by atoms with Crippen LogP contribution in [-0.2, 0) is 15.9 Å². The van der Waals surface area contributed by atoms with Crippen LogP contribution in [0, 0.1) is 0 Å². The summed E-state index contributed by atoms with van der Waals surface area (Å²) in [6, 6.07) is 10.1. The van der Waals surface area contributed by atoms with Gasteiger partial charge in [-0.05, 0) is 40.2 Å². The van der Waals surface area contributed by atoms with Crippen LogP contribution in [0.1, 0.15) is 40.2 Å². The average molecular weight is 300 g/mol. The van der Waals surface area contributed by atoms with Gasteiger partial charge in [-0.15, -0.1) is 0 Å². The molecule has 1 heterocycles. The van der Waals surface area contributed by atoms with E-state index in [1.807, 2.05) is 65.0 Å². The van der Waals surface area contributed by atoms with E-state index in [0.29, 0.717) is 12.2 Å². The maximum Gasteiger partial charge on any atom is 0.498 e. The molecule has 118 valence electrons. The fourth-order valence-electron chi connectivity index (χ4n) is 2.15. The molecule has 1 aliphatic rings. The molecule has 0 amide bonds. The van der Waals surface area contributed by atoms with Crippen LogP contribution < -0.4 is 5.73 Å². The van der Waals surface area contributed by atoms with Gasteiger partial charge in [0.2, 0.25) is 0 Å². The van der Waals surface area contributed by atoms with Crippen molar-refractivity contribution in [1.29, 1.82) is 0 Å². The smallest absolute Gasteiger partial charge is 0.402 e. The molecule has 0 aromatic heterocycles. The van der Waals surface area contributed by atoms with Crippen LogP contribution in [0.3, 0.4) is 0 Å². The number of nitrogens with zero attached hydrogens (tertiary/aromatic N) is 1. The van der Waals surface area contributed by atoms with Crippen molar-refractivity contribution < 1.29 is 9.31 Å². The van der Waals surface area contributed by atoms with Gasteiger partial charge in [-0.3, -0.25) is 4.99 Å². The van der Waals surface area contributed by atoms with E-state index in [9.17, 15) is 0 Å². The van der Waals surface area contributed by atoms with Gasteiger partial charge < -0.3 is 15.0 Å². The number of rotatable bonds is 4. The van der Waals surface area contributed by atoms with Crippen LogP contribution in [0.15, 0.2) is 46.5 Å². The van der Waals surface area contributed by atoms with E-state index in [2.05, 4.69) is 4.99 Å². The van der Waals surface area contributed by atoms with Crippen molar-refractivity contribution in [3.63, 3.8) is 0 Å². The van der Waals surface area contributed by atoms with E-state index < -0.39 is 7.12 Å². The number of allylic oxidation sites excluding steroid dienone is 2. The number of nitrogens with two attached hydrogens (primary N) is 1. The summed E-state index contributed by atoms with van der Waals surface area (Å²) in [7, 11) is -0.477. The quantitative estimate of drug-likeness (QED) is 0.686. The number of aliphatic imine (C=N–C) groups is 1. The minimum atomic E-state index is -0.477. The van der Waals surface area contributed by atoms with E-state index in [1.54, 1.807) is 6.21 Å². The third-order valence-electron chi connectivity index (χ3n) is 4.31. The van der Waals surface area contributed by atoms with Crippen LogP contribution in [0.2, 0.25) is 0 Å². The van der Waals surface area contributed by atoms with Crippen molar-refractivity contribution in [2.45, 2.75) is 52.4 Å². The Morgan fingerprint density at radius 1 is 1.14 bits per heavy atom. The molecule has 0 radical (unpaired) electrons. The zero-order valence-electron chi connectivity index (χ0n) is 14.1. The van der Waals surface area contributed by atoms with Crippen LogP contribution in [0.5, 0.6) is 0 Å². The van der Waals surface area contributed by atoms with Gasteiger partial charge in [0.15, 0.2) is 0 Å². The predicted octanol–water partition coefficient (Wildman–Crippen LogP) is 3.12. The summed E-state index contributed by atoms with van der Waals surface area (Å²) in [6.45, 7) is 10.6. The normalized spacial score (nSPS) is 21.2. The topological polar surface area (TPSA) is 56.8 Å². The lowest BCUT2D eigenvalue weighted by Gasteiger charge is -2.32. The Hall–Kier alpha value is -1.59. The van der Waals surface area contributed by atoms with Crippen molar-refractivity contribution in [2.75, 3.05) is 0 Å². The van der Waals surface area contributed by atoms with Crippen LogP contribution in [-0.4, -0.2) is 24.5 Å². The van der Waals surface area contributed by atoms with Crippen molar-refractivity contribution >= 4 is 13.3 Å². The molecule has 2 rings (SSSR count). The molecular formula is C17H25BN2O2. The Kier molecular flexibility index (Phi) is 4.78. The summed E-state index contributed by atoms with van der Waals surface area (Å²) < 4.78 is 12.1. The average Bonchev–Trinajstić information content (AvgIpc) is 2.64. The molecule has 1 aromatic carbocycles. The van der Waals surface area contributed by atoms with Gasteiger partial charge in [-0.25, -0.2) is 0 Å². The number of hydrogen-bond acceptors (Lipinski definition) is 4. The molecule has 4 nitrogen and oxygen atoms in total. The maximum absolute atomic E-state index is 6.04. The van der Waals surface area contributed by atoms with E-state index in [1.165, 1.54) is 0 Å². The van der Waals surface area contributed by atoms with Crippen LogP contribution in [0.4, 0.5) is 0 Å². The minimum Gasteiger partial charge on any atom is -0.402 e. The minimum absolute atomic E-state index is 0.383. The van der Waals surface area contributed by atoms with Crippen LogP contribution >= 0.6 is 0 Å². The first-order chi connectivity index (χ1) is 10.2. The molecule has 1 saturated heterocycles. The molecule has 1 fully saturated rings. The maximum atomic E-state index is 6.04. The number of hydrogen-bond donors (Lipinski definition) is 1. The Balaban J connectivity index is 2.11. The van der Waals surface area contributed by atoms with Gasteiger partial charge in [0, 0.05) is 17.4 Å². The molecule has 0 atom stereocenters. The highest BCUT2D eigenvalue weighted by Crippen LogP contribution is 2.38. The highest BCUT2D eigenvalue weighted by atomic mass is 16.7. The lowest BCUT2D eigenvalue weighted by atomic mass is 9.77. The predicted molar refractivity (Wildman–Crippen MR) is 91.6 cm³/mol. The SMILES string of the molecule is C/C(N)=C(/C=NCc1ccccc1)B1OC(C)(C)C(C)(C)O1. The second kappa shape index (κ2) is 6.27.